The number of nitrogens with one attached hydrogen (secondary N) is 1. The highest BCUT2D eigenvalue weighted by Crippen LogP contribution is 2.37. The molecule has 10 nitrogen and oxygen atoms in total. The number of anilines is 1. The number of carbonyl (C=O) groups excluding carboxylic acids is 1. The van der Waals surface area contributed by atoms with E-state index in [-0.39, 0.29) is 22.1 Å². The lowest BCUT2D eigenvalue weighted by Crippen LogP contribution is -2.39. The number of amides is 1. The quantitative estimate of drug-likeness (QED) is 0.203. The Morgan fingerprint density at radius 3 is 2.16 bits per heavy atom. The van der Waals surface area contributed by atoms with Crippen molar-refractivity contribution in [2.45, 2.75) is 9.79 Å². The molecule has 0 heterocycles. The third kappa shape index (κ3) is 6.69. The normalized spacial score (nSPS) is 11.2. The highest BCUT2D eigenvalue weighted by molar-refractivity contribution is 7.98. The van der Waals surface area contributed by atoms with Crippen molar-refractivity contribution in [1.82, 2.24) is 5.43 Å². The number of nitrogens with zero attached hydrogens (tertiary/aromatic N) is 2. The molecule has 202 valence electrons. The third-order valence-electron chi connectivity index (χ3n) is 5.40. The Morgan fingerprint density at radius 1 is 0.895 bits per heavy atom. The standard InChI is InChI=1S/C26H29N3O7S2/c1-33-19-8-12-23(34-2)22(14-19)29(38(31,32)21-11-13-24(35-3)25(15-21)36-4)17-26(30)28-27-16-18-6-9-20(37-5)10-7-18/h6-16H,17H2,1-5H3,(H,28,30)/b27-16-. The minimum atomic E-state index is -4.30. The molecule has 38 heavy (non-hydrogen) atoms. The topological polar surface area (TPSA) is 116 Å². The number of methoxy groups -OCH3 is 4. The van der Waals surface area contributed by atoms with E-state index in [1.54, 1.807) is 23.9 Å². The number of benzene rings is 3. The second kappa shape index (κ2) is 13.1. The van der Waals surface area contributed by atoms with E-state index in [1.807, 2.05) is 30.5 Å². The van der Waals surface area contributed by atoms with Crippen molar-refractivity contribution in [3.05, 3.63) is 66.2 Å². The molecule has 0 fully saturated rings. The first-order valence-corrected chi connectivity index (χ1v) is 13.9. The van der Waals surface area contributed by atoms with E-state index >= 15 is 0 Å². The molecule has 0 bridgehead atoms. The van der Waals surface area contributed by atoms with Gasteiger partial charge in [0.05, 0.1) is 45.2 Å². The van der Waals surface area contributed by atoms with Gasteiger partial charge in [-0.3, -0.25) is 9.10 Å². The van der Waals surface area contributed by atoms with Gasteiger partial charge in [0.15, 0.2) is 11.5 Å². The number of carbonyl (C=O) groups is 1. The lowest BCUT2D eigenvalue weighted by atomic mass is 10.2. The molecule has 0 aromatic heterocycles. The highest BCUT2D eigenvalue weighted by Gasteiger charge is 2.31. The Morgan fingerprint density at radius 2 is 1.55 bits per heavy atom. The molecule has 0 aliphatic carbocycles. The zero-order valence-corrected chi connectivity index (χ0v) is 23.3. The number of hydrogen-bond acceptors (Lipinski definition) is 9. The highest BCUT2D eigenvalue weighted by atomic mass is 32.2. The van der Waals surface area contributed by atoms with Crippen LogP contribution in [0.1, 0.15) is 5.56 Å². The zero-order valence-electron chi connectivity index (χ0n) is 21.6. The number of thioether (sulfide) groups is 1. The van der Waals surface area contributed by atoms with Gasteiger partial charge in [-0.05, 0) is 48.2 Å². The molecule has 0 atom stereocenters. The van der Waals surface area contributed by atoms with Crippen LogP contribution >= 0.6 is 11.8 Å². The lowest BCUT2D eigenvalue weighted by molar-refractivity contribution is -0.119. The van der Waals surface area contributed by atoms with Crippen molar-refractivity contribution in [3.8, 4) is 23.0 Å². The summed E-state index contributed by atoms with van der Waals surface area (Å²) in [5, 5.41) is 3.98. The van der Waals surface area contributed by atoms with Crippen LogP contribution in [0, 0.1) is 0 Å². The van der Waals surface area contributed by atoms with Crippen LogP contribution < -0.4 is 28.7 Å². The van der Waals surface area contributed by atoms with Gasteiger partial charge in [0.2, 0.25) is 0 Å². The monoisotopic (exact) mass is 559 g/mol. The zero-order chi connectivity index (χ0) is 27.7. The van der Waals surface area contributed by atoms with Crippen LogP contribution in [0.3, 0.4) is 0 Å². The summed E-state index contributed by atoms with van der Waals surface area (Å²) in [5.41, 5.74) is 3.27. The number of sulfonamides is 1. The summed E-state index contributed by atoms with van der Waals surface area (Å²) in [5.74, 6) is 0.499. The van der Waals surface area contributed by atoms with Crippen molar-refractivity contribution in [1.29, 1.82) is 0 Å². The van der Waals surface area contributed by atoms with Gasteiger partial charge in [0, 0.05) is 17.0 Å². The summed E-state index contributed by atoms with van der Waals surface area (Å²) in [6, 6.07) is 16.4. The van der Waals surface area contributed by atoms with Crippen LogP contribution in [0.2, 0.25) is 0 Å². The van der Waals surface area contributed by atoms with Gasteiger partial charge in [-0.2, -0.15) is 5.10 Å². The number of ether oxygens (including phenoxy) is 4. The molecule has 3 aromatic carbocycles. The predicted octanol–water partition coefficient (Wildman–Crippen LogP) is 3.79. The van der Waals surface area contributed by atoms with E-state index in [2.05, 4.69) is 10.5 Å². The number of hydrogen-bond donors (Lipinski definition) is 1. The SMILES string of the molecule is COc1ccc(OC)c(N(CC(=O)N/N=C\c2ccc(SC)cc2)S(=O)(=O)c2ccc(OC)c(OC)c2)c1. The summed E-state index contributed by atoms with van der Waals surface area (Å²) >= 11 is 1.61. The molecule has 0 radical (unpaired) electrons. The molecule has 0 aliphatic heterocycles. The Balaban J connectivity index is 1.98. The molecule has 1 N–H and O–H groups in total. The molecule has 0 spiro atoms. The van der Waals surface area contributed by atoms with Crippen molar-refractivity contribution < 1.29 is 32.2 Å². The van der Waals surface area contributed by atoms with E-state index in [1.165, 1.54) is 58.9 Å². The van der Waals surface area contributed by atoms with E-state index < -0.39 is 22.5 Å². The minimum absolute atomic E-state index is 0.105. The molecule has 0 saturated heterocycles. The Hall–Kier alpha value is -3.90. The van der Waals surface area contributed by atoms with Crippen molar-refractivity contribution in [2.24, 2.45) is 5.10 Å². The molecular formula is C26H29N3O7S2. The Labute approximate surface area is 226 Å². The van der Waals surface area contributed by atoms with Gasteiger partial charge in [0.1, 0.15) is 18.0 Å². The number of hydrazone groups is 1. The molecule has 0 aliphatic rings. The van der Waals surface area contributed by atoms with E-state index in [9.17, 15) is 13.2 Å². The summed E-state index contributed by atoms with van der Waals surface area (Å²) in [6.07, 6.45) is 3.45. The summed E-state index contributed by atoms with van der Waals surface area (Å²) in [4.78, 5) is 13.9. The van der Waals surface area contributed by atoms with Gasteiger partial charge in [-0.25, -0.2) is 13.8 Å². The van der Waals surface area contributed by atoms with Gasteiger partial charge in [-0.1, -0.05) is 12.1 Å². The van der Waals surface area contributed by atoms with E-state index in [4.69, 9.17) is 18.9 Å². The second-order valence-corrected chi connectivity index (χ2v) is 10.4. The van der Waals surface area contributed by atoms with Crippen LogP contribution in [-0.4, -0.2) is 61.8 Å². The van der Waals surface area contributed by atoms with E-state index in [0.717, 1.165) is 14.8 Å². The average molecular weight is 560 g/mol. The lowest BCUT2D eigenvalue weighted by Gasteiger charge is -2.26. The predicted molar refractivity (Wildman–Crippen MR) is 148 cm³/mol. The van der Waals surface area contributed by atoms with Gasteiger partial charge in [0.25, 0.3) is 15.9 Å². The first-order chi connectivity index (χ1) is 18.3. The van der Waals surface area contributed by atoms with Crippen LogP contribution in [0.4, 0.5) is 5.69 Å². The summed E-state index contributed by atoms with van der Waals surface area (Å²) in [6.45, 7) is -0.594. The van der Waals surface area contributed by atoms with Crippen molar-refractivity contribution >= 4 is 39.6 Å². The fourth-order valence-corrected chi connectivity index (χ4v) is 5.28. The molecule has 12 heteroatoms. The van der Waals surface area contributed by atoms with E-state index in [0.29, 0.717) is 11.5 Å². The van der Waals surface area contributed by atoms with Crippen molar-refractivity contribution in [2.75, 3.05) is 45.5 Å². The second-order valence-electron chi connectivity index (χ2n) is 7.63. The molecule has 1 amide bonds. The molecular weight excluding hydrogens is 530 g/mol. The maximum Gasteiger partial charge on any atom is 0.265 e. The maximum atomic E-state index is 13.9. The van der Waals surface area contributed by atoms with Crippen LogP contribution in [0.5, 0.6) is 23.0 Å². The minimum Gasteiger partial charge on any atom is -0.497 e. The summed E-state index contributed by atoms with van der Waals surface area (Å²) in [7, 11) is 1.40. The van der Waals surface area contributed by atoms with Crippen LogP contribution in [-0.2, 0) is 14.8 Å². The molecule has 3 rings (SSSR count). The van der Waals surface area contributed by atoms with Crippen LogP contribution in [0.25, 0.3) is 0 Å². The fraction of sp³-hybridized carbons (Fsp3) is 0.231. The smallest absolute Gasteiger partial charge is 0.265 e. The molecule has 0 unspecified atom stereocenters. The van der Waals surface area contributed by atoms with Crippen molar-refractivity contribution in [3.63, 3.8) is 0 Å². The van der Waals surface area contributed by atoms with Gasteiger partial charge in [-0.15, -0.1) is 11.8 Å². The first-order valence-electron chi connectivity index (χ1n) is 11.2. The number of rotatable bonds is 12. The first kappa shape index (κ1) is 28.7. The average Bonchev–Trinajstić information content (AvgIpc) is 2.95. The Bertz CT molecular complexity index is 1390. The largest absolute Gasteiger partial charge is 0.497 e. The summed E-state index contributed by atoms with van der Waals surface area (Å²) < 4.78 is 49.9. The fourth-order valence-electron chi connectivity index (χ4n) is 3.43. The maximum absolute atomic E-state index is 13.9. The van der Waals surface area contributed by atoms with Crippen LogP contribution in [0.15, 0.2) is 75.6 Å². The Kier molecular flexibility index (Phi) is 9.85. The molecule has 3 aromatic rings. The van der Waals surface area contributed by atoms with Gasteiger partial charge < -0.3 is 18.9 Å². The van der Waals surface area contributed by atoms with Gasteiger partial charge >= 0.3 is 0 Å². The third-order valence-corrected chi connectivity index (χ3v) is 7.90. The molecule has 0 saturated carbocycles.